The number of amides is 1. The van der Waals surface area contributed by atoms with Gasteiger partial charge in [0.1, 0.15) is 12.1 Å². The highest BCUT2D eigenvalue weighted by molar-refractivity contribution is 7.14. The number of nitrogens with one attached hydrogen (secondary N) is 1. The number of pyridine rings is 1. The van der Waals surface area contributed by atoms with Crippen LogP contribution in [0.2, 0.25) is 0 Å². The maximum absolute atomic E-state index is 12.1. The zero-order chi connectivity index (χ0) is 16.4. The molecular formula is C14H11N5O3S. The fourth-order valence-electron chi connectivity index (χ4n) is 1.97. The number of aromatic nitrogens is 3. The predicted octanol–water partition coefficient (Wildman–Crippen LogP) is 2.80. The van der Waals surface area contributed by atoms with E-state index in [0.29, 0.717) is 16.4 Å². The third-order valence-electron chi connectivity index (χ3n) is 3.09. The van der Waals surface area contributed by atoms with E-state index in [4.69, 9.17) is 0 Å². The first kappa shape index (κ1) is 14.9. The molecule has 3 aromatic rings. The van der Waals surface area contributed by atoms with E-state index in [9.17, 15) is 14.9 Å². The second-order valence-corrected chi connectivity index (χ2v) is 5.89. The van der Waals surface area contributed by atoms with Gasteiger partial charge in [0.05, 0.1) is 26.6 Å². The lowest BCUT2D eigenvalue weighted by Crippen LogP contribution is -2.10. The van der Waals surface area contributed by atoms with E-state index in [1.54, 1.807) is 42.3 Å². The van der Waals surface area contributed by atoms with Crippen LogP contribution in [0.1, 0.15) is 14.5 Å². The van der Waals surface area contributed by atoms with Crippen molar-refractivity contribution >= 4 is 28.6 Å². The number of thiophene rings is 1. The minimum absolute atomic E-state index is 0.0475. The molecule has 0 saturated carbocycles. The van der Waals surface area contributed by atoms with E-state index in [-0.39, 0.29) is 10.6 Å². The molecule has 0 spiro atoms. The molecule has 3 heterocycles. The topological polar surface area (TPSA) is 103 Å². The van der Waals surface area contributed by atoms with Crippen LogP contribution in [0.5, 0.6) is 0 Å². The Kier molecular flexibility index (Phi) is 3.85. The number of rotatable bonds is 4. The molecule has 3 aromatic heterocycles. The summed E-state index contributed by atoms with van der Waals surface area (Å²) in [5.74, 6) is 0.270. The fraction of sp³-hybridized carbons (Fsp3) is 0.0714. The minimum Gasteiger partial charge on any atom is -0.320 e. The van der Waals surface area contributed by atoms with Crippen molar-refractivity contribution in [1.29, 1.82) is 0 Å². The highest BCUT2D eigenvalue weighted by Crippen LogP contribution is 2.28. The van der Waals surface area contributed by atoms with E-state index in [1.165, 1.54) is 12.3 Å². The average molecular weight is 329 g/mol. The van der Waals surface area contributed by atoms with Gasteiger partial charge < -0.3 is 5.32 Å². The number of carbonyl (C=O) groups excluding carboxylic acids is 1. The van der Waals surface area contributed by atoms with E-state index in [2.05, 4.69) is 15.3 Å². The van der Waals surface area contributed by atoms with Gasteiger partial charge in [-0.05, 0) is 19.1 Å². The molecule has 23 heavy (non-hydrogen) atoms. The second kappa shape index (κ2) is 5.97. The van der Waals surface area contributed by atoms with Gasteiger partial charge in [-0.3, -0.25) is 19.5 Å². The molecule has 0 aromatic carbocycles. The normalized spacial score (nSPS) is 10.5. The third kappa shape index (κ3) is 3.09. The van der Waals surface area contributed by atoms with Crippen molar-refractivity contribution in [2.45, 2.75) is 6.92 Å². The summed E-state index contributed by atoms with van der Waals surface area (Å²) in [5, 5.41) is 13.5. The number of hydrogen-bond donors (Lipinski definition) is 1. The van der Waals surface area contributed by atoms with Gasteiger partial charge in [0.2, 0.25) is 0 Å². The molecule has 0 bridgehead atoms. The van der Waals surface area contributed by atoms with Gasteiger partial charge in [0.25, 0.3) is 11.6 Å². The standard InChI is InChI=1S/C14H11N5O3S/c1-9-11(19(21)22)6-12(23-9)14(20)17-10-2-3-13(16-7-10)18-5-4-15-8-18/h2-8H,1H3,(H,17,20). The molecule has 0 aliphatic carbocycles. The van der Waals surface area contributed by atoms with Crippen LogP contribution in [0, 0.1) is 17.0 Å². The fourth-order valence-corrected chi connectivity index (χ4v) is 2.85. The van der Waals surface area contributed by atoms with Crippen LogP contribution >= 0.6 is 11.3 Å². The van der Waals surface area contributed by atoms with Crippen LogP contribution in [-0.2, 0) is 0 Å². The molecular weight excluding hydrogens is 318 g/mol. The molecule has 1 N–H and O–H groups in total. The number of hydrogen-bond acceptors (Lipinski definition) is 6. The van der Waals surface area contributed by atoms with Crippen LogP contribution in [-0.4, -0.2) is 25.4 Å². The number of aryl methyl sites for hydroxylation is 1. The first-order chi connectivity index (χ1) is 11.0. The second-order valence-electron chi connectivity index (χ2n) is 4.64. The smallest absolute Gasteiger partial charge is 0.283 e. The molecule has 0 unspecified atom stereocenters. The van der Waals surface area contributed by atoms with Gasteiger partial charge in [0, 0.05) is 18.5 Å². The molecule has 3 rings (SSSR count). The zero-order valence-electron chi connectivity index (χ0n) is 12.0. The molecule has 0 saturated heterocycles. The SMILES string of the molecule is Cc1sc(C(=O)Nc2ccc(-n3ccnc3)nc2)cc1[N+](=O)[O-]. The van der Waals surface area contributed by atoms with E-state index in [1.807, 2.05) is 0 Å². The number of carbonyl (C=O) groups is 1. The minimum atomic E-state index is -0.496. The van der Waals surface area contributed by atoms with E-state index in [0.717, 1.165) is 11.3 Å². The Hall–Kier alpha value is -3.07. The summed E-state index contributed by atoms with van der Waals surface area (Å²) in [5.41, 5.74) is 0.460. The molecule has 116 valence electrons. The van der Waals surface area contributed by atoms with Gasteiger partial charge in [-0.25, -0.2) is 9.97 Å². The van der Waals surface area contributed by atoms with Crippen molar-refractivity contribution in [1.82, 2.24) is 14.5 Å². The van der Waals surface area contributed by atoms with Crippen molar-refractivity contribution in [3.05, 3.63) is 63.0 Å². The van der Waals surface area contributed by atoms with Gasteiger partial charge in [-0.2, -0.15) is 0 Å². The summed E-state index contributed by atoms with van der Waals surface area (Å²) in [4.78, 5) is 31.4. The average Bonchev–Trinajstić information content (AvgIpc) is 3.17. The van der Waals surface area contributed by atoms with E-state index < -0.39 is 10.8 Å². The predicted molar refractivity (Wildman–Crippen MR) is 85.0 cm³/mol. The van der Waals surface area contributed by atoms with Crippen molar-refractivity contribution in [3.8, 4) is 5.82 Å². The van der Waals surface area contributed by atoms with Gasteiger partial charge in [-0.1, -0.05) is 0 Å². The molecule has 9 heteroatoms. The first-order valence-electron chi connectivity index (χ1n) is 6.55. The van der Waals surface area contributed by atoms with Gasteiger partial charge in [0.15, 0.2) is 0 Å². The number of nitrogens with zero attached hydrogens (tertiary/aromatic N) is 4. The Balaban J connectivity index is 1.75. The number of anilines is 1. The van der Waals surface area contributed by atoms with Crippen LogP contribution in [0.15, 0.2) is 43.1 Å². The number of imidazole rings is 1. The highest BCUT2D eigenvalue weighted by Gasteiger charge is 2.19. The van der Waals surface area contributed by atoms with Crippen LogP contribution in [0.3, 0.4) is 0 Å². The lowest BCUT2D eigenvalue weighted by atomic mass is 10.3. The molecule has 0 atom stereocenters. The maximum Gasteiger partial charge on any atom is 0.283 e. The zero-order valence-corrected chi connectivity index (χ0v) is 12.8. The van der Waals surface area contributed by atoms with Crippen LogP contribution in [0.4, 0.5) is 11.4 Å². The highest BCUT2D eigenvalue weighted by atomic mass is 32.1. The molecule has 0 aliphatic rings. The van der Waals surface area contributed by atoms with Gasteiger partial charge in [-0.15, -0.1) is 11.3 Å². The monoisotopic (exact) mass is 329 g/mol. The molecule has 0 fully saturated rings. The first-order valence-corrected chi connectivity index (χ1v) is 7.37. The Morgan fingerprint density at radius 1 is 1.43 bits per heavy atom. The van der Waals surface area contributed by atoms with Crippen molar-refractivity contribution in [2.24, 2.45) is 0 Å². The van der Waals surface area contributed by atoms with Crippen LogP contribution in [0.25, 0.3) is 5.82 Å². The largest absolute Gasteiger partial charge is 0.320 e. The Morgan fingerprint density at radius 3 is 2.83 bits per heavy atom. The summed E-state index contributed by atoms with van der Waals surface area (Å²) in [6, 6.07) is 4.72. The van der Waals surface area contributed by atoms with Gasteiger partial charge >= 0.3 is 0 Å². The quantitative estimate of drug-likeness (QED) is 0.585. The summed E-state index contributed by atoms with van der Waals surface area (Å²) in [6.45, 7) is 1.61. The lowest BCUT2D eigenvalue weighted by Gasteiger charge is -2.05. The summed E-state index contributed by atoms with van der Waals surface area (Å²) in [6.07, 6.45) is 6.54. The maximum atomic E-state index is 12.1. The van der Waals surface area contributed by atoms with Crippen molar-refractivity contribution in [2.75, 3.05) is 5.32 Å². The summed E-state index contributed by atoms with van der Waals surface area (Å²) < 4.78 is 1.73. The Labute approximate surface area is 134 Å². The molecule has 0 aliphatic heterocycles. The Morgan fingerprint density at radius 2 is 2.26 bits per heavy atom. The number of nitro groups is 1. The molecule has 8 nitrogen and oxygen atoms in total. The summed E-state index contributed by atoms with van der Waals surface area (Å²) in [7, 11) is 0. The summed E-state index contributed by atoms with van der Waals surface area (Å²) >= 11 is 1.08. The molecule has 1 amide bonds. The third-order valence-corrected chi connectivity index (χ3v) is 4.13. The van der Waals surface area contributed by atoms with Crippen molar-refractivity contribution < 1.29 is 9.72 Å². The lowest BCUT2D eigenvalue weighted by molar-refractivity contribution is -0.385. The van der Waals surface area contributed by atoms with Crippen LogP contribution < -0.4 is 5.32 Å². The van der Waals surface area contributed by atoms with Crippen molar-refractivity contribution in [3.63, 3.8) is 0 Å². The Bertz CT molecular complexity index is 855. The molecule has 0 radical (unpaired) electrons. The van der Waals surface area contributed by atoms with E-state index >= 15 is 0 Å².